The molecular weight excluding hydrogens is 306 g/mol. The number of amides is 1. The van der Waals surface area contributed by atoms with Crippen molar-refractivity contribution < 1.29 is 9.90 Å². The summed E-state index contributed by atoms with van der Waals surface area (Å²) >= 11 is 6.05. The Hall–Kier alpha value is -1.60. The van der Waals surface area contributed by atoms with E-state index in [1.54, 1.807) is 6.07 Å². The average Bonchev–Trinajstić information content (AvgIpc) is 2.35. The summed E-state index contributed by atoms with van der Waals surface area (Å²) < 4.78 is 0.518. The number of nitrogens with one attached hydrogen (secondary N) is 1. The normalized spacial score (nSPS) is 25.7. The zero-order valence-electron chi connectivity index (χ0n) is 13.1. The number of halogens is 1. The van der Waals surface area contributed by atoms with Gasteiger partial charge in [-0.25, -0.2) is 9.78 Å². The number of anilines is 1. The second kappa shape index (κ2) is 5.89. The van der Waals surface area contributed by atoms with Crippen LogP contribution >= 0.6 is 11.6 Å². The Labute approximate surface area is 135 Å². The molecule has 1 fully saturated rings. The Bertz CT molecular complexity index is 555. The summed E-state index contributed by atoms with van der Waals surface area (Å²) in [6, 6.07) is 1.60. The molecule has 1 aromatic rings. The minimum Gasteiger partial charge on any atom is -0.465 e. The zero-order valence-corrected chi connectivity index (χ0v) is 13.9. The highest BCUT2D eigenvalue weighted by molar-refractivity contribution is 6.29. The van der Waals surface area contributed by atoms with Gasteiger partial charge in [-0.2, -0.15) is 4.98 Å². The van der Waals surface area contributed by atoms with Gasteiger partial charge in [0.25, 0.3) is 0 Å². The molecule has 8 heteroatoms. The maximum Gasteiger partial charge on any atom is 0.405 e. The summed E-state index contributed by atoms with van der Waals surface area (Å²) in [4.78, 5) is 19.3. The maximum atomic E-state index is 11.0. The average molecular weight is 329 g/mol. The molecule has 1 aromatic heterocycles. The summed E-state index contributed by atoms with van der Waals surface area (Å²) in [6.45, 7) is 7.81. The third kappa shape index (κ3) is 3.25. The number of likely N-dealkylation sites (tertiary alicyclic amines) is 1. The van der Waals surface area contributed by atoms with Gasteiger partial charge in [0.05, 0.1) is 24.2 Å². The number of nitrogens with two attached hydrogens (primary N) is 1. The van der Waals surface area contributed by atoms with Crippen LogP contribution < -0.4 is 15.5 Å². The van der Waals surface area contributed by atoms with Gasteiger partial charge in [-0.3, -0.25) is 4.48 Å². The third-order valence-corrected chi connectivity index (χ3v) is 4.57. The maximum absolute atomic E-state index is 11.0. The lowest BCUT2D eigenvalue weighted by atomic mass is 9.92. The molecule has 1 saturated heterocycles. The smallest absolute Gasteiger partial charge is 0.405 e. The number of aromatic nitrogens is 2. The molecule has 0 radical (unpaired) electrons. The molecule has 0 aliphatic carbocycles. The molecular formula is C14H23ClN5O2+. The van der Waals surface area contributed by atoms with Crippen molar-refractivity contribution in [3.8, 4) is 0 Å². The molecule has 0 aromatic carbocycles. The minimum atomic E-state index is -1.00. The van der Waals surface area contributed by atoms with Crippen LogP contribution in [0.1, 0.15) is 33.6 Å². The lowest BCUT2D eigenvalue weighted by Gasteiger charge is -2.51. The predicted octanol–water partition coefficient (Wildman–Crippen LogP) is 2.25. The van der Waals surface area contributed by atoms with Crippen LogP contribution in [0.4, 0.5) is 16.6 Å². The molecule has 2 unspecified atom stereocenters. The Balaban J connectivity index is 2.46. The number of carboxylic acid groups (broad SMARTS) is 1. The first-order valence-electron chi connectivity index (χ1n) is 7.31. The minimum absolute atomic E-state index is 0.125. The Morgan fingerprint density at radius 3 is 2.73 bits per heavy atom. The van der Waals surface area contributed by atoms with Crippen LogP contribution in [0, 0.1) is 0 Å². The molecule has 0 bridgehead atoms. The van der Waals surface area contributed by atoms with Crippen molar-refractivity contribution in [1.29, 1.82) is 0 Å². The molecule has 0 spiro atoms. The highest BCUT2D eigenvalue weighted by Crippen LogP contribution is 2.37. The Morgan fingerprint density at radius 2 is 2.18 bits per heavy atom. The van der Waals surface area contributed by atoms with Crippen LogP contribution in [-0.2, 0) is 0 Å². The van der Waals surface area contributed by atoms with Gasteiger partial charge in [0.15, 0.2) is 0 Å². The lowest BCUT2D eigenvalue weighted by Crippen LogP contribution is -2.69. The van der Waals surface area contributed by atoms with Crippen LogP contribution in [0.3, 0.4) is 0 Å². The van der Waals surface area contributed by atoms with Gasteiger partial charge in [0, 0.05) is 0 Å². The van der Waals surface area contributed by atoms with Crippen LogP contribution in [0.5, 0.6) is 0 Å². The first-order chi connectivity index (χ1) is 10.1. The van der Waals surface area contributed by atoms with E-state index in [1.807, 2.05) is 0 Å². The van der Waals surface area contributed by atoms with E-state index in [1.165, 1.54) is 0 Å². The molecule has 0 saturated carbocycles. The highest BCUT2D eigenvalue weighted by Gasteiger charge is 2.47. The molecule has 2 rings (SSSR count). The first-order valence-corrected chi connectivity index (χ1v) is 7.69. The molecule has 4 N–H and O–H groups in total. The number of piperidine rings is 1. The van der Waals surface area contributed by atoms with Crippen molar-refractivity contribution >= 4 is 29.5 Å². The van der Waals surface area contributed by atoms with E-state index in [0.29, 0.717) is 16.2 Å². The van der Waals surface area contributed by atoms with E-state index in [-0.39, 0.29) is 17.5 Å². The molecule has 7 nitrogen and oxygen atoms in total. The SMILES string of the molecule is CC(C)(C)[N+]1(c2cc(Cl)nc(N)n2)CCCC(NC(=O)O)C1. The molecule has 2 heterocycles. The fourth-order valence-electron chi connectivity index (χ4n) is 3.26. The van der Waals surface area contributed by atoms with E-state index in [4.69, 9.17) is 22.4 Å². The quantitative estimate of drug-likeness (QED) is 0.571. The monoisotopic (exact) mass is 328 g/mol. The second-order valence-electron chi connectivity index (χ2n) is 6.74. The summed E-state index contributed by atoms with van der Waals surface area (Å²) in [5.74, 6) is 0.874. The van der Waals surface area contributed by atoms with Gasteiger partial charge in [0.2, 0.25) is 11.8 Å². The number of hydrogen-bond donors (Lipinski definition) is 3. The zero-order chi connectivity index (χ0) is 16.5. The topological polar surface area (TPSA) is 101 Å². The van der Waals surface area contributed by atoms with Crippen molar-refractivity contribution in [1.82, 2.24) is 19.8 Å². The van der Waals surface area contributed by atoms with Crippen LogP contribution in [0.2, 0.25) is 5.15 Å². The predicted molar refractivity (Wildman–Crippen MR) is 86.9 cm³/mol. The Kier molecular flexibility index (Phi) is 4.49. The molecule has 1 amide bonds. The molecule has 122 valence electrons. The third-order valence-electron chi connectivity index (χ3n) is 4.37. The van der Waals surface area contributed by atoms with Gasteiger partial charge in [-0.15, -0.1) is 0 Å². The summed E-state index contributed by atoms with van der Waals surface area (Å²) in [5, 5.41) is 11.9. The van der Waals surface area contributed by atoms with Gasteiger partial charge >= 0.3 is 6.09 Å². The van der Waals surface area contributed by atoms with Crippen molar-refractivity contribution in [3.63, 3.8) is 0 Å². The number of rotatable bonds is 2. The fourth-order valence-corrected chi connectivity index (χ4v) is 3.45. The van der Waals surface area contributed by atoms with Crippen LogP contribution in [-0.4, -0.2) is 45.8 Å². The Morgan fingerprint density at radius 1 is 1.50 bits per heavy atom. The molecule has 1 aliphatic rings. The van der Waals surface area contributed by atoms with Gasteiger partial charge in [-0.05, 0) is 33.6 Å². The highest BCUT2D eigenvalue weighted by atomic mass is 35.5. The number of carbonyl (C=O) groups is 1. The molecule has 1 aliphatic heterocycles. The lowest BCUT2D eigenvalue weighted by molar-refractivity contribution is 0.0897. The summed E-state index contributed by atoms with van der Waals surface area (Å²) in [7, 11) is 0. The number of nitrogen functional groups attached to an aromatic ring is 1. The first kappa shape index (κ1) is 16.8. The molecule has 22 heavy (non-hydrogen) atoms. The largest absolute Gasteiger partial charge is 0.465 e. The number of nitrogens with zero attached hydrogens (tertiary/aromatic N) is 3. The molecule has 2 atom stereocenters. The van der Waals surface area contributed by atoms with Crippen molar-refractivity contribution in [2.75, 3.05) is 18.8 Å². The standard InChI is InChI=1S/C14H22ClN5O2/c1-14(2,3)20(11-7-10(15)18-12(16)19-11)6-4-5-9(8-20)17-13(21)22/h7,9,17H,4-6,8H2,1-3H3,(H2-,16,18,19,21,22)/p+1. The van der Waals surface area contributed by atoms with E-state index in [9.17, 15) is 4.79 Å². The summed E-state index contributed by atoms with van der Waals surface area (Å²) in [5.41, 5.74) is 5.58. The van der Waals surface area contributed by atoms with Gasteiger partial charge in [0.1, 0.15) is 11.7 Å². The summed E-state index contributed by atoms with van der Waals surface area (Å²) in [6.07, 6.45) is 0.708. The van der Waals surface area contributed by atoms with Gasteiger partial charge in [-0.1, -0.05) is 11.6 Å². The van der Waals surface area contributed by atoms with Crippen molar-refractivity contribution in [2.24, 2.45) is 0 Å². The second-order valence-corrected chi connectivity index (χ2v) is 7.13. The number of hydrogen-bond acceptors (Lipinski definition) is 4. The van der Waals surface area contributed by atoms with E-state index in [0.717, 1.165) is 25.2 Å². The van der Waals surface area contributed by atoms with Crippen molar-refractivity contribution in [2.45, 2.75) is 45.2 Å². The van der Waals surface area contributed by atoms with E-state index < -0.39 is 6.09 Å². The fraction of sp³-hybridized carbons (Fsp3) is 0.643. The number of quaternary nitrogens is 1. The van der Waals surface area contributed by atoms with Crippen LogP contribution in [0.15, 0.2) is 6.07 Å². The van der Waals surface area contributed by atoms with Gasteiger partial charge < -0.3 is 16.2 Å². The van der Waals surface area contributed by atoms with E-state index >= 15 is 0 Å². The van der Waals surface area contributed by atoms with Crippen molar-refractivity contribution in [3.05, 3.63) is 11.2 Å². The van der Waals surface area contributed by atoms with Crippen LogP contribution in [0.25, 0.3) is 0 Å². The van der Waals surface area contributed by atoms with E-state index in [2.05, 4.69) is 36.1 Å².